The summed E-state index contributed by atoms with van der Waals surface area (Å²) in [5.41, 5.74) is 1.22. The van der Waals surface area contributed by atoms with Gasteiger partial charge in [-0.2, -0.15) is 4.98 Å². The molecule has 1 spiro atoms. The Hall–Kier alpha value is -1.69. The first-order valence-electron chi connectivity index (χ1n) is 9.57. The maximum atomic E-state index is 12.6. The van der Waals surface area contributed by atoms with Crippen LogP contribution >= 0.6 is 0 Å². The van der Waals surface area contributed by atoms with E-state index in [0.29, 0.717) is 18.1 Å². The third-order valence-electron chi connectivity index (χ3n) is 5.86. The lowest BCUT2D eigenvalue weighted by molar-refractivity contribution is -0.137. The average molecular weight is 345 g/mol. The molecule has 2 saturated heterocycles. The van der Waals surface area contributed by atoms with Crippen molar-refractivity contribution in [3.05, 3.63) is 23.4 Å². The molecule has 1 aromatic rings. The van der Waals surface area contributed by atoms with Crippen LogP contribution in [0.1, 0.15) is 75.6 Å². The van der Waals surface area contributed by atoms with E-state index in [1.165, 1.54) is 18.4 Å². The largest absolute Gasteiger partial charge is 0.362 e. The summed E-state index contributed by atoms with van der Waals surface area (Å²) >= 11 is 0. The van der Waals surface area contributed by atoms with Crippen molar-refractivity contribution in [2.24, 2.45) is 0 Å². The van der Waals surface area contributed by atoms with Gasteiger partial charge in [-0.25, -0.2) is 0 Å². The molecule has 1 aromatic heterocycles. The highest BCUT2D eigenvalue weighted by atomic mass is 16.5. The van der Waals surface area contributed by atoms with Crippen molar-refractivity contribution in [1.82, 2.24) is 15.0 Å². The number of hydrogen-bond donors (Lipinski definition) is 0. The van der Waals surface area contributed by atoms with Gasteiger partial charge in [0.05, 0.1) is 5.60 Å². The minimum Gasteiger partial charge on any atom is -0.362 e. The Morgan fingerprint density at radius 1 is 1.32 bits per heavy atom. The molecule has 136 valence electrons. The molecule has 0 unspecified atom stereocenters. The van der Waals surface area contributed by atoms with Crippen molar-refractivity contribution < 1.29 is 14.1 Å². The van der Waals surface area contributed by atoms with E-state index in [4.69, 9.17) is 9.26 Å². The van der Waals surface area contributed by atoms with Crippen molar-refractivity contribution in [2.75, 3.05) is 13.1 Å². The maximum Gasteiger partial charge on any atom is 0.255 e. The summed E-state index contributed by atoms with van der Waals surface area (Å²) in [6.07, 6.45) is 11.2. The fourth-order valence-electron chi connectivity index (χ4n) is 4.33. The zero-order valence-corrected chi connectivity index (χ0v) is 15.0. The molecule has 3 heterocycles. The van der Waals surface area contributed by atoms with Gasteiger partial charge in [0.2, 0.25) is 5.91 Å². The van der Waals surface area contributed by atoms with Gasteiger partial charge in [0.1, 0.15) is 6.10 Å². The number of aromatic nitrogens is 2. The molecule has 25 heavy (non-hydrogen) atoms. The molecule has 6 heteroatoms. The van der Waals surface area contributed by atoms with Crippen molar-refractivity contribution in [3.63, 3.8) is 0 Å². The molecule has 0 bridgehead atoms. The summed E-state index contributed by atoms with van der Waals surface area (Å²) in [6.45, 7) is 3.41. The number of likely N-dealkylation sites (tertiary alicyclic amines) is 1. The summed E-state index contributed by atoms with van der Waals surface area (Å²) in [6, 6.07) is 0. The lowest BCUT2D eigenvalue weighted by Crippen LogP contribution is -2.46. The standard InChI is InChI=1S/C19H27N3O3/c1-14-20-18(25-21-14)16-7-8-19(24-16)9-11-22(12-10-19)17(23)13-15-5-3-2-4-6-15/h5,16H,2-4,6-13H2,1H3/t16-/m1/s1. The van der Waals surface area contributed by atoms with Crippen molar-refractivity contribution in [3.8, 4) is 0 Å². The number of aryl methyl sites for hydroxylation is 1. The number of hydrogen-bond acceptors (Lipinski definition) is 5. The van der Waals surface area contributed by atoms with Crippen LogP contribution in [-0.4, -0.2) is 39.6 Å². The van der Waals surface area contributed by atoms with E-state index in [0.717, 1.165) is 51.6 Å². The topological polar surface area (TPSA) is 68.5 Å². The molecular weight excluding hydrogens is 318 g/mol. The second-order valence-corrected chi connectivity index (χ2v) is 7.67. The van der Waals surface area contributed by atoms with Crippen LogP contribution in [-0.2, 0) is 9.53 Å². The second-order valence-electron chi connectivity index (χ2n) is 7.67. The number of allylic oxidation sites excluding steroid dienone is 1. The molecule has 1 amide bonds. The molecule has 1 atom stereocenters. The van der Waals surface area contributed by atoms with Gasteiger partial charge in [-0.1, -0.05) is 16.8 Å². The Kier molecular flexibility index (Phi) is 4.63. The van der Waals surface area contributed by atoms with Crippen molar-refractivity contribution in [2.45, 2.75) is 76.4 Å². The van der Waals surface area contributed by atoms with Crippen LogP contribution in [0.2, 0.25) is 0 Å². The predicted molar refractivity (Wildman–Crippen MR) is 91.8 cm³/mol. The Balaban J connectivity index is 1.31. The van der Waals surface area contributed by atoms with E-state index in [9.17, 15) is 4.79 Å². The third kappa shape index (κ3) is 3.64. The van der Waals surface area contributed by atoms with Gasteiger partial charge in [0.15, 0.2) is 5.82 Å². The maximum absolute atomic E-state index is 12.6. The summed E-state index contributed by atoms with van der Waals surface area (Å²) in [5, 5.41) is 3.86. The van der Waals surface area contributed by atoms with Crippen LogP contribution in [0.15, 0.2) is 16.2 Å². The zero-order valence-electron chi connectivity index (χ0n) is 15.0. The molecule has 2 fully saturated rings. The molecule has 0 N–H and O–H groups in total. The fraction of sp³-hybridized carbons (Fsp3) is 0.737. The zero-order chi connectivity index (χ0) is 17.3. The van der Waals surface area contributed by atoms with Crippen LogP contribution < -0.4 is 0 Å². The Morgan fingerprint density at radius 3 is 2.84 bits per heavy atom. The van der Waals surface area contributed by atoms with Crippen LogP contribution in [0, 0.1) is 6.92 Å². The van der Waals surface area contributed by atoms with Crippen molar-refractivity contribution in [1.29, 1.82) is 0 Å². The Morgan fingerprint density at radius 2 is 2.16 bits per heavy atom. The molecule has 0 aromatic carbocycles. The molecule has 3 aliphatic rings. The number of ether oxygens (including phenoxy) is 1. The summed E-state index contributed by atoms with van der Waals surface area (Å²) in [7, 11) is 0. The van der Waals surface area contributed by atoms with Crippen LogP contribution in [0.3, 0.4) is 0 Å². The Bertz CT molecular complexity index is 659. The predicted octanol–water partition coefficient (Wildman–Crippen LogP) is 3.48. The number of piperidine rings is 1. The molecule has 0 saturated carbocycles. The van der Waals surface area contributed by atoms with E-state index in [1.807, 2.05) is 11.8 Å². The van der Waals surface area contributed by atoms with E-state index < -0.39 is 0 Å². The first-order valence-corrected chi connectivity index (χ1v) is 9.57. The van der Waals surface area contributed by atoms with Crippen LogP contribution in [0.4, 0.5) is 0 Å². The highest BCUT2D eigenvalue weighted by molar-refractivity contribution is 5.78. The van der Waals surface area contributed by atoms with Gasteiger partial charge in [-0.3, -0.25) is 4.79 Å². The van der Waals surface area contributed by atoms with Gasteiger partial charge >= 0.3 is 0 Å². The van der Waals surface area contributed by atoms with Gasteiger partial charge in [0, 0.05) is 19.5 Å². The lowest BCUT2D eigenvalue weighted by atomic mass is 9.88. The SMILES string of the molecule is Cc1noc([C@H]2CCC3(CCN(C(=O)CC4=CCCCC4)CC3)O2)n1. The monoisotopic (exact) mass is 345 g/mol. The molecule has 6 nitrogen and oxygen atoms in total. The number of carbonyl (C=O) groups excluding carboxylic acids is 1. The molecular formula is C19H27N3O3. The number of nitrogens with zero attached hydrogens (tertiary/aromatic N) is 3. The molecule has 0 radical (unpaired) electrons. The summed E-state index contributed by atoms with van der Waals surface area (Å²) in [5.74, 6) is 1.53. The molecule has 2 aliphatic heterocycles. The van der Waals surface area contributed by atoms with E-state index in [-0.39, 0.29) is 17.6 Å². The first-order chi connectivity index (χ1) is 12.1. The van der Waals surface area contributed by atoms with Crippen molar-refractivity contribution >= 4 is 5.91 Å². The highest BCUT2D eigenvalue weighted by Gasteiger charge is 2.45. The van der Waals surface area contributed by atoms with E-state index in [1.54, 1.807) is 0 Å². The van der Waals surface area contributed by atoms with E-state index >= 15 is 0 Å². The lowest BCUT2D eigenvalue weighted by Gasteiger charge is -2.39. The number of amides is 1. The second kappa shape index (κ2) is 6.90. The molecule has 1 aliphatic carbocycles. The molecule has 4 rings (SSSR count). The van der Waals surface area contributed by atoms with Gasteiger partial charge in [-0.15, -0.1) is 0 Å². The summed E-state index contributed by atoms with van der Waals surface area (Å²) < 4.78 is 11.6. The fourth-order valence-corrected chi connectivity index (χ4v) is 4.33. The third-order valence-corrected chi connectivity index (χ3v) is 5.86. The number of carbonyl (C=O) groups is 1. The smallest absolute Gasteiger partial charge is 0.255 e. The van der Waals surface area contributed by atoms with Crippen LogP contribution in [0.25, 0.3) is 0 Å². The normalized spacial score (nSPS) is 26.0. The van der Waals surface area contributed by atoms with Gasteiger partial charge in [0.25, 0.3) is 5.89 Å². The first kappa shape index (κ1) is 16.8. The highest BCUT2D eigenvalue weighted by Crippen LogP contribution is 2.44. The quantitative estimate of drug-likeness (QED) is 0.785. The number of rotatable bonds is 3. The van der Waals surface area contributed by atoms with Gasteiger partial charge < -0.3 is 14.2 Å². The van der Waals surface area contributed by atoms with Crippen LogP contribution in [0.5, 0.6) is 0 Å². The minimum absolute atomic E-state index is 0.0872. The minimum atomic E-state index is -0.117. The average Bonchev–Trinajstić information content (AvgIpc) is 3.23. The summed E-state index contributed by atoms with van der Waals surface area (Å²) in [4.78, 5) is 18.9. The Labute approximate surface area is 148 Å². The van der Waals surface area contributed by atoms with E-state index in [2.05, 4.69) is 16.2 Å². The van der Waals surface area contributed by atoms with Gasteiger partial charge in [-0.05, 0) is 58.3 Å².